The summed E-state index contributed by atoms with van der Waals surface area (Å²) >= 11 is 13.7. The molecule has 1 aliphatic rings. The van der Waals surface area contributed by atoms with Crippen molar-refractivity contribution in [2.45, 2.75) is 32.1 Å². The van der Waals surface area contributed by atoms with Crippen molar-refractivity contribution in [3.05, 3.63) is 19.8 Å². The van der Waals surface area contributed by atoms with E-state index in [1.54, 1.807) is 0 Å². The molecule has 1 atom stereocenters. The van der Waals surface area contributed by atoms with E-state index in [0.717, 1.165) is 15.1 Å². The molecule has 0 saturated heterocycles. The molecule has 1 aromatic heterocycles. The summed E-state index contributed by atoms with van der Waals surface area (Å²) in [5.74, 6) is 0.602. The fourth-order valence-electron chi connectivity index (χ4n) is 1.87. The quantitative estimate of drug-likeness (QED) is 0.605. The van der Waals surface area contributed by atoms with Gasteiger partial charge in [-0.3, -0.25) is 0 Å². The first kappa shape index (κ1) is 8.86. The summed E-state index contributed by atoms with van der Waals surface area (Å²) < 4.78 is 1.81. The minimum Gasteiger partial charge on any atom is -0.111 e. The summed E-state index contributed by atoms with van der Waals surface area (Å²) in [5.41, 5.74) is 2.63. The van der Waals surface area contributed by atoms with E-state index in [4.69, 9.17) is 23.2 Å². The lowest BCUT2D eigenvalue weighted by Gasteiger charge is -2.19. The Bertz CT molecular complexity index is 304. The van der Waals surface area contributed by atoms with E-state index in [1.807, 2.05) is 0 Å². The molecule has 0 aliphatic heterocycles. The van der Waals surface area contributed by atoms with Crippen molar-refractivity contribution in [2.24, 2.45) is 0 Å². The molecule has 0 aromatic carbocycles. The maximum atomic E-state index is 6.09. The zero-order valence-electron chi connectivity index (χ0n) is 6.86. The second-order valence-corrected chi connectivity index (χ2v) is 5.56. The van der Waals surface area contributed by atoms with E-state index < -0.39 is 0 Å². The van der Waals surface area contributed by atoms with Crippen LogP contribution < -0.4 is 0 Å². The molecular weight excluding hydrogens is 211 g/mol. The molecule has 0 amide bonds. The highest BCUT2D eigenvalue weighted by Crippen LogP contribution is 2.45. The van der Waals surface area contributed by atoms with Crippen molar-refractivity contribution >= 4 is 34.5 Å². The van der Waals surface area contributed by atoms with Crippen molar-refractivity contribution in [1.29, 1.82) is 0 Å². The summed E-state index contributed by atoms with van der Waals surface area (Å²) in [7, 11) is 0. The van der Waals surface area contributed by atoms with E-state index in [0.29, 0.717) is 5.92 Å². The summed E-state index contributed by atoms with van der Waals surface area (Å²) in [5, 5.41) is 0. The van der Waals surface area contributed by atoms with Gasteiger partial charge in [-0.1, -0.05) is 30.1 Å². The third-order valence-corrected chi connectivity index (χ3v) is 4.23. The van der Waals surface area contributed by atoms with Crippen LogP contribution in [0.4, 0.5) is 0 Å². The van der Waals surface area contributed by atoms with E-state index in [1.165, 1.54) is 35.3 Å². The smallest absolute Gasteiger partial charge is 0.0981 e. The van der Waals surface area contributed by atoms with Crippen LogP contribution in [0.1, 0.15) is 36.8 Å². The summed E-state index contributed by atoms with van der Waals surface area (Å²) in [6, 6.07) is 0. The van der Waals surface area contributed by atoms with Crippen molar-refractivity contribution in [3.8, 4) is 0 Å². The Labute approximate surface area is 86.5 Å². The molecule has 1 heterocycles. The predicted octanol–water partition coefficient (Wildman–Crippen LogP) is 4.49. The Morgan fingerprint density at radius 1 is 1.33 bits per heavy atom. The van der Waals surface area contributed by atoms with Gasteiger partial charge < -0.3 is 0 Å². The highest BCUT2D eigenvalue weighted by Gasteiger charge is 2.23. The summed E-state index contributed by atoms with van der Waals surface area (Å²) in [6.07, 6.45) is 3.61. The Hall–Kier alpha value is 0.280. The monoisotopic (exact) mass is 220 g/mol. The molecule has 2 rings (SSSR count). The Morgan fingerprint density at radius 2 is 2.08 bits per heavy atom. The predicted molar refractivity (Wildman–Crippen MR) is 55.7 cm³/mol. The maximum Gasteiger partial charge on any atom is 0.0981 e. The molecule has 12 heavy (non-hydrogen) atoms. The topological polar surface area (TPSA) is 0 Å². The first-order valence-corrected chi connectivity index (χ1v) is 5.74. The lowest BCUT2D eigenvalue weighted by atomic mass is 9.87. The van der Waals surface area contributed by atoms with Gasteiger partial charge in [-0.25, -0.2) is 0 Å². The molecule has 0 nitrogen and oxygen atoms in total. The van der Waals surface area contributed by atoms with Crippen LogP contribution in [0.15, 0.2) is 0 Å². The molecule has 0 radical (unpaired) electrons. The third-order valence-electron chi connectivity index (χ3n) is 2.51. The van der Waals surface area contributed by atoms with Crippen LogP contribution >= 0.6 is 34.5 Å². The highest BCUT2D eigenvalue weighted by molar-refractivity contribution is 7.20. The van der Waals surface area contributed by atoms with E-state index in [-0.39, 0.29) is 0 Å². The molecular formula is C9H10Cl2S. The molecule has 66 valence electrons. The normalized spacial score (nSPS) is 22.4. The summed E-state index contributed by atoms with van der Waals surface area (Å²) in [6.45, 7) is 2.23. The first-order chi connectivity index (χ1) is 5.70. The molecule has 0 spiro atoms. The molecule has 0 bridgehead atoms. The van der Waals surface area contributed by atoms with Gasteiger partial charge in [-0.05, 0) is 36.3 Å². The minimum atomic E-state index is 0.602. The van der Waals surface area contributed by atoms with Gasteiger partial charge in [-0.15, -0.1) is 11.3 Å². The average molecular weight is 221 g/mol. The molecule has 0 fully saturated rings. The maximum absolute atomic E-state index is 6.09. The van der Waals surface area contributed by atoms with Crippen LogP contribution in [0, 0.1) is 0 Å². The van der Waals surface area contributed by atoms with Crippen LogP contribution in [0.3, 0.4) is 0 Å². The van der Waals surface area contributed by atoms with Crippen molar-refractivity contribution in [1.82, 2.24) is 0 Å². The number of halogens is 2. The van der Waals surface area contributed by atoms with Gasteiger partial charge in [0.05, 0.1) is 8.67 Å². The molecule has 1 unspecified atom stereocenters. The number of hydrogen-bond donors (Lipinski definition) is 0. The molecule has 3 heteroatoms. The van der Waals surface area contributed by atoms with Crippen LogP contribution in [-0.4, -0.2) is 0 Å². The fraction of sp³-hybridized carbons (Fsp3) is 0.556. The third kappa shape index (κ3) is 1.28. The van der Waals surface area contributed by atoms with Gasteiger partial charge in [0, 0.05) is 0 Å². The van der Waals surface area contributed by atoms with Gasteiger partial charge in [-0.2, -0.15) is 0 Å². The standard InChI is InChI=1S/C9H10Cl2S/c1-5-3-2-4-6-7(5)9(11)12-8(6)10/h5H,2-4H2,1H3. The first-order valence-electron chi connectivity index (χ1n) is 4.16. The number of rotatable bonds is 0. The number of thiophene rings is 1. The van der Waals surface area contributed by atoms with Crippen LogP contribution in [0.2, 0.25) is 8.67 Å². The van der Waals surface area contributed by atoms with E-state index >= 15 is 0 Å². The number of hydrogen-bond acceptors (Lipinski definition) is 1. The Balaban J connectivity index is 2.55. The fourth-order valence-corrected chi connectivity index (χ4v) is 3.88. The van der Waals surface area contributed by atoms with Gasteiger partial charge in [0.2, 0.25) is 0 Å². The zero-order chi connectivity index (χ0) is 8.72. The Kier molecular flexibility index (Phi) is 2.37. The molecule has 1 aromatic rings. The lowest BCUT2D eigenvalue weighted by molar-refractivity contribution is 0.594. The molecule has 0 saturated carbocycles. The zero-order valence-corrected chi connectivity index (χ0v) is 9.19. The summed E-state index contributed by atoms with van der Waals surface area (Å²) in [4.78, 5) is 0. The van der Waals surface area contributed by atoms with Gasteiger partial charge >= 0.3 is 0 Å². The minimum absolute atomic E-state index is 0.602. The van der Waals surface area contributed by atoms with Crippen molar-refractivity contribution in [3.63, 3.8) is 0 Å². The van der Waals surface area contributed by atoms with Crippen molar-refractivity contribution < 1.29 is 0 Å². The molecule has 0 N–H and O–H groups in total. The lowest BCUT2D eigenvalue weighted by Crippen LogP contribution is -2.04. The number of fused-ring (bicyclic) bond motifs is 1. The van der Waals surface area contributed by atoms with Gasteiger partial charge in [0.15, 0.2) is 0 Å². The van der Waals surface area contributed by atoms with Crippen LogP contribution in [0.5, 0.6) is 0 Å². The average Bonchev–Trinajstić information content (AvgIpc) is 2.29. The van der Waals surface area contributed by atoms with Crippen LogP contribution in [0.25, 0.3) is 0 Å². The molecule has 1 aliphatic carbocycles. The van der Waals surface area contributed by atoms with E-state index in [2.05, 4.69) is 6.92 Å². The van der Waals surface area contributed by atoms with Crippen LogP contribution in [-0.2, 0) is 6.42 Å². The van der Waals surface area contributed by atoms with Crippen molar-refractivity contribution in [2.75, 3.05) is 0 Å². The largest absolute Gasteiger partial charge is 0.111 e. The van der Waals surface area contributed by atoms with Gasteiger partial charge in [0.1, 0.15) is 0 Å². The van der Waals surface area contributed by atoms with E-state index in [9.17, 15) is 0 Å². The second kappa shape index (κ2) is 3.21. The Morgan fingerprint density at radius 3 is 2.75 bits per heavy atom. The second-order valence-electron chi connectivity index (χ2n) is 3.33. The van der Waals surface area contributed by atoms with Gasteiger partial charge in [0.25, 0.3) is 0 Å². The highest BCUT2D eigenvalue weighted by atomic mass is 35.5. The SMILES string of the molecule is CC1CCCc2c(Cl)sc(Cl)c21.